The van der Waals surface area contributed by atoms with Crippen LogP contribution in [0.1, 0.15) is 12.5 Å². The van der Waals surface area contributed by atoms with Crippen molar-refractivity contribution in [3.63, 3.8) is 0 Å². The van der Waals surface area contributed by atoms with Gasteiger partial charge in [0.1, 0.15) is 5.75 Å². The molecule has 0 radical (unpaired) electrons. The minimum absolute atomic E-state index is 0.0895. The van der Waals surface area contributed by atoms with Crippen molar-refractivity contribution in [3.05, 3.63) is 59.1 Å². The van der Waals surface area contributed by atoms with Gasteiger partial charge in [-0.25, -0.2) is 0 Å². The quantitative estimate of drug-likeness (QED) is 0.564. The second-order valence-corrected chi connectivity index (χ2v) is 6.33. The zero-order chi connectivity index (χ0) is 18.7. The Balaban J connectivity index is 1.64. The van der Waals surface area contributed by atoms with E-state index in [1.807, 2.05) is 18.2 Å². The van der Waals surface area contributed by atoms with E-state index in [1.165, 1.54) is 13.0 Å². The molecular weight excluding hydrogens is 358 g/mol. The maximum absolute atomic E-state index is 12.4. The number of nitrogens with one attached hydrogen (secondary N) is 3. The average molecular weight is 374 g/mol. The fourth-order valence-corrected chi connectivity index (χ4v) is 2.59. The van der Waals surface area contributed by atoms with E-state index in [4.69, 9.17) is 16.3 Å². The van der Waals surface area contributed by atoms with Gasteiger partial charge in [-0.1, -0.05) is 41.9 Å². The largest absolute Gasteiger partial charge is 0.465 e. The van der Waals surface area contributed by atoms with Crippen LogP contribution in [0, 0.1) is 0 Å². The van der Waals surface area contributed by atoms with Crippen LogP contribution >= 0.6 is 11.6 Å². The molecule has 3 N–H and O–H groups in total. The minimum atomic E-state index is -1.83. The van der Waals surface area contributed by atoms with E-state index in [0.29, 0.717) is 16.5 Å². The van der Waals surface area contributed by atoms with Gasteiger partial charge in [-0.2, -0.15) is 0 Å². The Hall–Kier alpha value is -3.06. The lowest BCUT2D eigenvalue weighted by molar-refractivity contribution is -0.148. The van der Waals surface area contributed by atoms with E-state index in [2.05, 4.69) is 16.2 Å². The zero-order valence-corrected chi connectivity index (χ0v) is 14.6. The van der Waals surface area contributed by atoms with Crippen LogP contribution in [0.2, 0.25) is 5.02 Å². The van der Waals surface area contributed by atoms with E-state index >= 15 is 0 Å². The van der Waals surface area contributed by atoms with Crippen molar-refractivity contribution in [2.75, 3.05) is 5.32 Å². The highest BCUT2D eigenvalue weighted by Crippen LogP contribution is 2.35. The molecule has 0 saturated heterocycles. The maximum atomic E-state index is 12.4. The van der Waals surface area contributed by atoms with Gasteiger partial charge in [-0.3, -0.25) is 25.2 Å². The highest BCUT2D eigenvalue weighted by molar-refractivity contribution is 6.31. The van der Waals surface area contributed by atoms with Crippen LogP contribution in [-0.4, -0.2) is 23.3 Å². The van der Waals surface area contributed by atoms with Crippen LogP contribution < -0.4 is 20.9 Å². The number of amides is 3. The fourth-order valence-electron chi connectivity index (χ4n) is 2.42. The molecule has 2 aromatic carbocycles. The molecule has 0 aliphatic carbocycles. The Morgan fingerprint density at radius 3 is 2.62 bits per heavy atom. The number of hydrogen-bond donors (Lipinski definition) is 3. The minimum Gasteiger partial charge on any atom is -0.465 e. The first-order chi connectivity index (χ1) is 12.4. The van der Waals surface area contributed by atoms with Gasteiger partial charge in [-0.05, 0) is 30.7 Å². The van der Waals surface area contributed by atoms with Crippen LogP contribution in [0.15, 0.2) is 48.5 Å². The Labute approximate surface area is 154 Å². The summed E-state index contributed by atoms with van der Waals surface area (Å²) in [6, 6.07) is 13.7. The molecule has 0 aromatic heterocycles. The second kappa shape index (κ2) is 7.05. The van der Waals surface area contributed by atoms with E-state index in [1.54, 1.807) is 24.3 Å². The molecule has 1 atom stereocenters. The molecular formula is C18H16ClN3O4. The Bertz CT molecular complexity index is 872. The van der Waals surface area contributed by atoms with E-state index in [-0.39, 0.29) is 6.42 Å². The van der Waals surface area contributed by atoms with Crippen molar-refractivity contribution >= 4 is 35.0 Å². The van der Waals surface area contributed by atoms with E-state index in [0.717, 1.165) is 5.56 Å². The summed E-state index contributed by atoms with van der Waals surface area (Å²) in [5.74, 6) is -1.57. The fraction of sp³-hybridized carbons (Fsp3) is 0.167. The maximum Gasteiger partial charge on any atom is 0.292 e. The molecule has 134 valence electrons. The summed E-state index contributed by atoms with van der Waals surface area (Å²) < 4.78 is 5.57. The predicted octanol–water partition coefficient (Wildman–Crippen LogP) is 1.82. The number of carbonyl (C=O) groups excluding carboxylic acids is 3. The van der Waals surface area contributed by atoms with Crippen LogP contribution in [-0.2, 0) is 20.8 Å². The van der Waals surface area contributed by atoms with Gasteiger partial charge in [0.2, 0.25) is 5.91 Å². The zero-order valence-electron chi connectivity index (χ0n) is 13.8. The number of halogens is 1. The first-order valence-electron chi connectivity index (χ1n) is 7.82. The standard InChI is InChI=1S/C18H16ClN3O4/c1-18(16(24)20-13-10-12(19)7-8-14(13)26-18)17(25)22-21-15(23)9-11-5-3-2-4-6-11/h2-8,10H,9H2,1H3,(H,20,24)(H,21,23)(H,22,25). The predicted molar refractivity (Wildman–Crippen MR) is 95.5 cm³/mol. The lowest BCUT2D eigenvalue weighted by Crippen LogP contribution is -2.61. The summed E-state index contributed by atoms with van der Waals surface area (Å²) in [5.41, 5.74) is 3.86. The molecule has 1 aliphatic rings. The number of benzene rings is 2. The highest BCUT2D eigenvalue weighted by atomic mass is 35.5. The van der Waals surface area contributed by atoms with Gasteiger partial charge in [0.05, 0.1) is 12.1 Å². The lowest BCUT2D eigenvalue weighted by atomic mass is 10.0. The number of rotatable bonds is 3. The summed E-state index contributed by atoms with van der Waals surface area (Å²) in [6.45, 7) is 1.32. The number of ether oxygens (including phenoxy) is 1. The van der Waals surface area contributed by atoms with Gasteiger partial charge in [0.15, 0.2) is 0 Å². The van der Waals surface area contributed by atoms with Crippen molar-refractivity contribution in [2.24, 2.45) is 0 Å². The molecule has 7 nitrogen and oxygen atoms in total. The third kappa shape index (κ3) is 3.62. The SMILES string of the molecule is CC1(C(=O)NNC(=O)Cc2ccccc2)Oc2ccc(Cl)cc2NC1=O. The van der Waals surface area contributed by atoms with Gasteiger partial charge in [0.25, 0.3) is 17.4 Å². The Morgan fingerprint density at radius 2 is 1.88 bits per heavy atom. The van der Waals surface area contributed by atoms with Crippen LogP contribution in [0.25, 0.3) is 0 Å². The number of carbonyl (C=O) groups is 3. The lowest BCUT2D eigenvalue weighted by Gasteiger charge is -2.33. The molecule has 3 amide bonds. The van der Waals surface area contributed by atoms with Crippen molar-refractivity contribution in [1.29, 1.82) is 0 Å². The summed E-state index contributed by atoms with van der Waals surface area (Å²) in [7, 11) is 0. The molecule has 1 heterocycles. The average Bonchev–Trinajstić information content (AvgIpc) is 2.62. The molecule has 0 spiro atoms. The number of fused-ring (bicyclic) bond motifs is 1. The smallest absolute Gasteiger partial charge is 0.292 e. The summed E-state index contributed by atoms with van der Waals surface area (Å²) >= 11 is 5.88. The molecule has 26 heavy (non-hydrogen) atoms. The third-order valence-electron chi connectivity index (χ3n) is 3.89. The second-order valence-electron chi connectivity index (χ2n) is 5.89. The molecule has 0 saturated carbocycles. The molecule has 0 fully saturated rings. The first kappa shape index (κ1) is 17.8. The van der Waals surface area contributed by atoms with Crippen molar-refractivity contribution in [3.8, 4) is 5.75 Å². The van der Waals surface area contributed by atoms with Gasteiger partial charge in [-0.15, -0.1) is 0 Å². The third-order valence-corrected chi connectivity index (χ3v) is 4.13. The Kier molecular flexibility index (Phi) is 4.81. The molecule has 8 heteroatoms. The van der Waals surface area contributed by atoms with Gasteiger partial charge >= 0.3 is 0 Å². The van der Waals surface area contributed by atoms with Gasteiger partial charge < -0.3 is 10.1 Å². The summed E-state index contributed by atoms with van der Waals surface area (Å²) in [4.78, 5) is 36.7. The van der Waals surface area contributed by atoms with E-state index < -0.39 is 23.3 Å². The monoisotopic (exact) mass is 373 g/mol. The topological polar surface area (TPSA) is 96.5 Å². The molecule has 0 bridgehead atoms. The summed E-state index contributed by atoms with van der Waals surface area (Å²) in [6.07, 6.45) is 0.0895. The van der Waals surface area contributed by atoms with Crippen LogP contribution in [0.3, 0.4) is 0 Å². The number of anilines is 1. The van der Waals surface area contributed by atoms with Crippen LogP contribution in [0.5, 0.6) is 5.75 Å². The number of hydrazine groups is 1. The van der Waals surface area contributed by atoms with Crippen molar-refractivity contribution < 1.29 is 19.1 Å². The summed E-state index contributed by atoms with van der Waals surface area (Å²) in [5, 5.41) is 3.00. The molecule has 1 aliphatic heterocycles. The highest BCUT2D eigenvalue weighted by Gasteiger charge is 2.47. The molecule has 3 rings (SSSR count). The van der Waals surface area contributed by atoms with Crippen molar-refractivity contribution in [2.45, 2.75) is 18.9 Å². The molecule has 2 aromatic rings. The first-order valence-corrected chi connectivity index (χ1v) is 8.19. The van der Waals surface area contributed by atoms with E-state index in [9.17, 15) is 14.4 Å². The van der Waals surface area contributed by atoms with Crippen LogP contribution in [0.4, 0.5) is 5.69 Å². The molecule has 1 unspecified atom stereocenters. The van der Waals surface area contributed by atoms with Gasteiger partial charge in [0, 0.05) is 5.02 Å². The normalized spacial score (nSPS) is 18.2. The number of hydrogen-bond acceptors (Lipinski definition) is 4. The van der Waals surface area contributed by atoms with Crippen molar-refractivity contribution in [1.82, 2.24) is 10.9 Å². The Morgan fingerprint density at radius 1 is 1.15 bits per heavy atom.